The van der Waals surface area contributed by atoms with Crippen LogP contribution in [0.2, 0.25) is 0 Å². The van der Waals surface area contributed by atoms with Crippen molar-refractivity contribution in [2.75, 3.05) is 37.0 Å². The first-order chi connectivity index (χ1) is 19.0. The summed E-state index contributed by atoms with van der Waals surface area (Å²) in [5.74, 6) is 0.642. The summed E-state index contributed by atoms with van der Waals surface area (Å²) in [4.78, 5) is 27.5. The third-order valence-corrected chi connectivity index (χ3v) is 7.20. The zero-order valence-corrected chi connectivity index (χ0v) is 22.9. The Labute approximate surface area is 232 Å². The molecule has 0 fully saturated rings. The van der Waals surface area contributed by atoms with Gasteiger partial charge in [0, 0.05) is 29.1 Å². The van der Waals surface area contributed by atoms with Crippen LogP contribution in [0.25, 0.3) is 0 Å². The minimum absolute atomic E-state index is 0.0132. The van der Waals surface area contributed by atoms with Gasteiger partial charge in [-0.3, -0.25) is 4.79 Å². The molecule has 9 heteroatoms. The number of hydrogen-bond donors (Lipinski definition) is 1. The second kappa shape index (κ2) is 13.8. The number of hydrogen-bond acceptors (Lipinski definition) is 8. The summed E-state index contributed by atoms with van der Waals surface area (Å²) in [5, 5.41) is 13.2. The summed E-state index contributed by atoms with van der Waals surface area (Å²) >= 11 is 1.47. The van der Waals surface area contributed by atoms with Crippen molar-refractivity contribution in [3.8, 4) is 5.75 Å². The number of anilines is 1. The Morgan fingerprint density at radius 2 is 1.79 bits per heavy atom. The van der Waals surface area contributed by atoms with Gasteiger partial charge in [0.05, 0.1) is 24.6 Å². The number of esters is 1. The van der Waals surface area contributed by atoms with Crippen molar-refractivity contribution < 1.29 is 29.0 Å². The van der Waals surface area contributed by atoms with Crippen LogP contribution in [0.4, 0.5) is 5.69 Å². The van der Waals surface area contributed by atoms with E-state index < -0.39 is 6.10 Å². The zero-order chi connectivity index (χ0) is 27.6. The highest BCUT2D eigenvalue weighted by molar-refractivity contribution is 8.00. The van der Waals surface area contributed by atoms with Crippen molar-refractivity contribution in [1.82, 2.24) is 0 Å². The average molecular weight is 549 g/mol. The Balaban J connectivity index is 1.38. The van der Waals surface area contributed by atoms with Crippen molar-refractivity contribution in [1.29, 1.82) is 0 Å². The molecule has 0 radical (unpaired) electrons. The summed E-state index contributed by atoms with van der Waals surface area (Å²) in [6.45, 7) is 5.05. The second-order valence-corrected chi connectivity index (χ2v) is 9.74. The molecule has 1 N–H and O–H groups in total. The fourth-order valence-electron chi connectivity index (χ4n) is 4.31. The quantitative estimate of drug-likeness (QED) is 0.148. The molecule has 3 aromatic carbocycles. The van der Waals surface area contributed by atoms with Crippen LogP contribution >= 0.6 is 11.8 Å². The second-order valence-electron chi connectivity index (χ2n) is 8.72. The molecule has 1 atom stereocenters. The molecule has 0 spiro atoms. The van der Waals surface area contributed by atoms with Gasteiger partial charge in [0.1, 0.15) is 18.1 Å². The van der Waals surface area contributed by atoms with E-state index in [9.17, 15) is 14.8 Å². The molecule has 3 aromatic rings. The highest BCUT2D eigenvalue weighted by Gasteiger charge is 2.26. The van der Waals surface area contributed by atoms with Crippen LogP contribution in [0, 0.1) is 0 Å². The zero-order valence-electron chi connectivity index (χ0n) is 22.0. The Morgan fingerprint density at radius 1 is 1.03 bits per heavy atom. The molecule has 8 nitrogen and oxygen atoms in total. The summed E-state index contributed by atoms with van der Waals surface area (Å²) in [6.07, 6.45) is -0.226. The minimum Gasteiger partial charge on any atom is -0.492 e. The smallest absolute Gasteiger partial charge is 0.335 e. The number of rotatable bonds is 12. The Morgan fingerprint density at radius 3 is 2.49 bits per heavy atom. The van der Waals surface area contributed by atoms with Crippen LogP contribution in [0.1, 0.15) is 30.5 Å². The van der Waals surface area contributed by atoms with E-state index in [2.05, 4.69) is 5.16 Å². The number of oxime groups is 1. The van der Waals surface area contributed by atoms with E-state index in [-0.39, 0.29) is 11.9 Å². The number of benzene rings is 3. The molecule has 4 rings (SSSR count). The summed E-state index contributed by atoms with van der Waals surface area (Å²) in [5.41, 5.74) is 3.80. The lowest BCUT2D eigenvalue weighted by Crippen LogP contribution is -2.38. The van der Waals surface area contributed by atoms with Crippen LogP contribution in [0.15, 0.2) is 82.8 Å². The topological polar surface area (TPSA) is 97.7 Å². The molecule has 1 heterocycles. The fraction of sp³-hybridized carbons (Fsp3) is 0.300. The van der Waals surface area contributed by atoms with E-state index in [0.29, 0.717) is 50.0 Å². The molecular formula is C30H32N2O6S. The lowest BCUT2D eigenvalue weighted by atomic mass is 10.0. The molecule has 0 bridgehead atoms. The maximum Gasteiger partial charge on any atom is 0.335 e. The van der Waals surface area contributed by atoms with Crippen LogP contribution in [-0.2, 0) is 25.5 Å². The van der Waals surface area contributed by atoms with E-state index in [1.165, 1.54) is 11.8 Å². The predicted octanol–water partition coefficient (Wildman–Crippen LogP) is 4.94. The first-order valence-corrected chi connectivity index (χ1v) is 13.9. The van der Waals surface area contributed by atoms with Crippen LogP contribution in [0.3, 0.4) is 0 Å². The van der Waals surface area contributed by atoms with E-state index in [1.807, 2.05) is 79.7 Å². The monoisotopic (exact) mass is 548 g/mol. The largest absolute Gasteiger partial charge is 0.492 e. The molecule has 0 saturated heterocycles. The lowest BCUT2D eigenvalue weighted by molar-refractivity contribution is -0.156. The van der Waals surface area contributed by atoms with Gasteiger partial charge in [-0.05, 0) is 43.7 Å². The van der Waals surface area contributed by atoms with Gasteiger partial charge in [-0.2, -0.15) is 0 Å². The molecule has 1 aliphatic heterocycles. The van der Waals surface area contributed by atoms with E-state index in [1.54, 1.807) is 11.8 Å². The molecule has 39 heavy (non-hydrogen) atoms. The van der Waals surface area contributed by atoms with Crippen molar-refractivity contribution in [3.05, 3.63) is 89.5 Å². The SMILES string of the molecule is CCOC(=O)C(Cc1ccc(OCCN2C(=O)CSc3cc(C(=NO)c4ccccc4)ccc32)cc1)OCC. The van der Waals surface area contributed by atoms with Crippen LogP contribution < -0.4 is 9.64 Å². The standard InChI is InChI=1S/C30H32N2O6S/c1-3-36-26(30(34)37-4-2)18-21-10-13-24(14-11-21)38-17-16-32-25-15-12-23(19-27(25)39-20-28(32)33)29(31-35)22-8-6-5-7-9-22/h5-15,19,26,35H,3-4,16-18,20H2,1-2H3. The van der Waals surface area contributed by atoms with Crippen molar-refractivity contribution in [2.45, 2.75) is 31.3 Å². The first kappa shape index (κ1) is 28.2. The van der Waals surface area contributed by atoms with Crippen LogP contribution in [0.5, 0.6) is 5.75 Å². The molecular weight excluding hydrogens is 516 g/mol. The Hall–Kier alpha value is -3.82. The van der Waals surface area contributed by atoms with Gasteiger partial charge in [0.15, 0.2) is 6.10 Å². The number of fused-ring (bicyclic) bond motifs is 1. The van der Waals surface area contributed by atoms with Gasteiger partial charge in [-0.1, -0.05) is 53.7 Å². The average Bonchev–Trinajstić information content (AvgIpc) is 2.96. The number of carbonyl (C=O) groups excluding carboxylic acids is 2. The van der Waals surface area contributed by atoms with E-state index in [0.717, 1.165) is 27.3 Å². The maximum atomic E-state index is 12.7. The van der Waals surface area contributed by atoms with Crippen molar-refractivity contribution in [2.24, 2.45) is 5.16 Å². The van der Waals surface area contributed by atoms with Gasteiger partial charge < -0.3 is 24.3 Å². The maximum absolute atomic E-state index is 12.7. The van der Waals surface area contributed by atoms with Crippen molar-refractivity contribution in [3.63, 3.8) is 0 Å². The number of thioether (sulfide) groups is 1. The summed E-state index contributed by atoms with van der Waals surface area (Å²) in [6, 6.07) is 22.6. The first-order valence-electron chi connectivity index (χ1n) is 12.9. The predicted molar refractivity (Wildman–Crippen MR) is 151 cm³/mol. The number of amides is 1. The number of carbonyl (C=O) groups is 2. The number of nitrogens with zero attached hydrogens (tertiary/aromatic N) is 2. The molecule has 1 amide bonds. The minimum atomic E-state index is -0.641. The molecule has 0 aromatic heterocycles. The van der Waals surface area contributed by atoms with Gasteiger partial charge in [0.2, 0.25) is 5.91 Å². The van der Waals surface area contributed by atoms with E-state index in [4.69, 9.17) is 14.2 Å². The summed E-state index contributed by atoms with van der Waals surface area (Å²) < 4.78 is 16.6. The Kier molecular flexibility index (Phi) is 9.99. The highest BCUT2D eigenvalue weighted by atomic mass is 32.2. The lowest BCUT2D eigenvalue weighted by Gasteiger charge is -2.29. The molecule has 1 aliphatic rings. The third kappa shape index (κ3) is 7.19. The van der Waals surface area contributed by atoms with Crippen LogP contribution in [-0.4, -0.2) is 61.0 Å². The van der Waals surface area contributed by atoms with Gasteiger partial charge in [-0.25, -0.2) is 4.79 Å². The van der Waals surface area contributed by atoms with Gasteiger partial charge >= 0.3 is 5.97 Å². The highest BCUT2D eigenvalue weighted by Crippen LogP contribution is 2.36. The molecule has 0 saturated carbocycles. The Bertz CT molecular complexity index is 1300. The van der Waals surface area contributed by atoms with Crippen molar-refractivity contribution >= 4 is 35.0 Å². The third-order valence-electron chi connectivity index (χ3n) is 6.17. The number of ether oxygens (including phenoxy) is 3. The molecule has 1 unspecified atom stereocenters. The summed E-state index contributed by atoms with van der Waals surface area (Å²) in [7, 11) is 0. The molecule has 0 aliphatic carbocycles. The van der Waals surface area contributed by atoms with E-state index >= 15 is 0 Å². The normalized spacial score (nSPS) is 14.1. The molecule has 204 valence electrons. The fourth-order valence-corrected chi connectivity index (χ4v) is 5.28. The van der Waals surface area contributed by atoms with Gasteiger partial charge in [0.25, 0.3) is 0 Å². The van der Waals surface area contributed by atoms with Gasteiger partial charge in [-0.15, -0.1) is 11.8 Å².